The summed E-state index contributed by atoms with van der Waals surface area (Å²) in [6.45, 7) is 3.07. The second-order valence-corrected chi connectivity index (χ2v) is 11.0. The number of hydrogen-bond donors (Lipinski definition) is 1. The van der Waals surface area contributed by atoms with Gasteiger partial charge < -0.3 is 15.0 Å². The van der Waals surface area contributed by atoms with Crippen molar-refractivity contribution in [2.24, 2.45) is 11.8 Å². The first-order valence-electron chi connectivity index (χ1n) is 13.6. The molecule has 5 atom stereocenters. The zero-order chi connectivity index (χ0) is 24.8. The van der Waals surface area contributed by atoms with Gasteiger partial charge in [-0.05, 0) is 81.2 Å². The summed E-state index contributed by atoms with van der Waals surface area (Å²) in [5, 5.41) is 2.78. The zero-order valence-corrected chi connectivity index (χ0v) is 21.0. The number of anilines is 1. The number of hydrogen-bond acceptors (Lipinski definition) is 5. The maximum Gasteiger partial charge on any atom is 0.329 e. The van der Waals surface area contributed by atoms with Gasteiger partial charge in [-0.1, -0.05) is 18.1 Å². The number of carbonyl (C=O) groups excluding carboxylic acids is 3. The van der Waals surface area contributed by atoms with Gasteiger partial charge in [-0.3, -0.25) is 14.5 Å². The molecule has 5 aliphatic rings. The third-order valence-corrected chi connectivity index (χ3v) is 8.97. The van der Waals surface area contributed by atoms with Crippen LogP contribution in [-0.2, 0) is 9.59 Å². The van der Waals surface area contributed by atoms with Crippen LogP contribution in [0.1, 0.15) is 51.4 Å². The molecule has 4 saturated heterocycles. The van der Waals surface area contributed by atoms with Crippen molar-refractivity contribution in [1.29, 1.82) is 0 Å². The van der Waals surface area contributed by atoms with Crippen LogP contribution in [0.15, 0.2) is 35.9 Å². The topological polar surface area (TPSA) is 82.2 Å². The van der Waals surface area contributed by atoms with Gasteiger partial charge in [0.25, 0.3) is 5.91 Å². The Morgan fingerprint density at radius 3 is 2.75 bits per heavy atom. The third kappa shape index (κ3) is 4.09. The average molecular weight is 493 g/mol. The van der Waals surface area contributed by atoms with Crippen LogP contribution in [0.5, 0.6) is 5.75 Å². The van der Waals surface area contributed by atoms with Gasteiger partial charge in [0.2, 0.25) is 5.91 Å². The lowest BCUT2D eigenvalue weighted by molar-refractivity contribution is -0.136. The number of benzene rings is 1. The van der Waals surface area contributed by atoms with E-state index in [-0.39, 0.29) is 24.3 Å². The second-order valence-electron chi connectivity index (χ2n) is 11.0. The Morgan fingerprint density at radius 2 is 1.94 bits per heavy atom. The predicted molar refractivity (Wildman–Crippen MR) is 136 cm³/mol. The zero-order valence-electron chi connectivity index (χ0n) is 21.0. The Bertz CT molecular complexity index is 1070. The molecule has 1 aromatic carbocycles. The SMILES string of the molecule is COc1ccc(N2C(=O)N[C@@H](CCC(=O)N3CCCC4=C[C@H]5C[C@@H](CN6CCCC[C@H]56)[C@@H]43)C2=O)cc1. The van der Waals surface area contributed by atoms with Crippen molar-refractivity contribution in [2.75, 3.05) is 31.6 Å². The number of likely N-dealkylation sites (tertiary alicyclic amines) is 1. The minimum absolute atomic E-state index is 0.106. The van der Waals surface area contributed by atoms with Crippen molar-refractivity contribution >= 4 is 23.5 Å². The van der Waals surface area contributed by atoms with E-state index in [1.807, 2.05) is 0 Å². The number of ether oxygens (including phenoxy) is 1. The smallest absolute Gasteiger partial charge is 0.329 e. The number of piperidine rings is 3. The van der Waals surface area contributed by atoms with Crippen LogP contribution in [0.3, 0.4) is 0 Å². The largest absolute Gasteiger partial charge is 0.497 e. The van der Waals surface area contributed by atoms with Gasteiger partial charge in [0.05, 0.1) is 18.8 Å². The molecule has 0 saturated carbocycles. The number of nitrogens with one attached hydrogen (secondary N) is 1. The Balaban J connectivity index is 1.12. The highest BCUT2D eigenvalue weighted by atomic mass is 16.5. The standard InChI is InChI=1S/C28H36N4O4/c1-36-22-9-7-21(8-10-22)32-27(34)23(29-28(32)35)11-12-25(33)31-14-4-5-18-15-19-16-20(26(18)31)17-30-13-3-2-6-24(19)30/h7-10,15,19-20,23-24,26H,2-6,11-14,16-17H2,1H3,(H,29,35)/t19-,20-,23-,24+,26+/m0/s1. The molecule has 1 aliphatic carbocycles. The van der Waals surface area contributed by atoms with Crippen LogP contribution >= 0.6 is 0 Å². The van der Waals surface area contributed by atoms with E-state index in [1.165, 1.54) is 37.8 Å². The van der Waals surface area contributed by atoms with Crippen molar-refractivity contribution in [3.63, 3.8) is 0 Å². The summed E-state index contributed by atoms with van der Waals surface area (Å²) in [5.74, 6) is 1.61. The summed E-state index contributed by atoms with van der Waals surface area (Å²) in [4.78, 5) is 45.1. The normalized spacial score (nSPS) is 31.9. The molecular weight excluding hydrogens is 456 g/mol. The summed E-state index contributed by atoms with van der Waals surface area (Å²) in [6, 6.07) is 6.61. The molecule has 2 bridgehead atoms. The van der Waals surface area contributed by atoms with Crippen molar-refractivity contribution in [3.8, 4) is 5.75 Å². The van der Waals surface area contributed by atoms with E-state index in [0.717, 1.165) is 30.8 Å². The fourth-order valence-corrected chi connectivity index (χ4v) is 7.37. The summed E-state index contributed by atoms with van der Waals surface area (Å²) in [7, 11) is 1.57. The molecular formula is C28H36N4O4. The van der Waals surface area contributed by atoms with E-state index in [4.69, 9.17) is 4.74 Å². The van der Waals surface area contributed by atoms with E-state index < -0.39 is 12.1 Å². The van der Waals surface area contributed by atoms with Crippen molar-refractivity contribution in [3.05, 3.63) is 35.9 Å². The van der Waals surface area contributed by atoms with Crippen molar-refractivity contribution < 1.29 is 19.1 Å². The number of rotatable bonds is 5. The molecule has 0 radical (unpaired) electrons. The van der Waals surface area contributed by atoms with Crippen LogP contribution in [0.2, 0.25) is 0 Å². The maximum atomic E-state index is 13.5. The molecule has 1 N–H and O–H groups in total. The van der Waals surface area contributed by atoms with Gasteiger partial charge in [0.1, 0.15) is 11.8 Å². The van der Waals surface area contributed by atoms with E-state index >= 15 is 0 Å². The van der Waals surface area contributed by atoms with E-state index in [9.17, 15) is 14.4 Å². The fourth-order valence-electron chi connectivity index (χ4n) is 7.37. The highest BCUT2D eigenvalue weighted by molar-refractivity contribution is 6.21. The highest BCUT2D eigenvalue weighted by Gasteiger charge is 2.47. The van der Waals surface area contributed by atoms with Crippen LogP contribution in [0.25, 0.3) is 0 Å². The summed E-state index contributed by atoms with van der Waals surface area (Å²) in [6.07, 6.45) is 10.3. The Morgan fingerprint density at radius 1 is 1.11 bits per heavy atom. The van der Waals surface area contributed by atoms with Gasteiger partial charge in [-0.2, -0.15) is 0 Å². The molecule has 4 fully saturated rings. The molecule has 6 rings (SSSR count). The van der Waals surface area contributed by atoms with E-state index in [1.54, 1.807) is 31.4 Å². The Labute approximate surface area is 212 Å². The molecule has 36 heavy (non-hydrogen) atoms. The first-order valence-corrected chi connectivity index (χ1v) is 13.6. The Kier molecular flexibility index (Phi) is 6.23. The second kappa shape index (κ2) is 9.54. The van der Waals surface area contributed by atoms with Crippen molar-refractivity contribution in [1.82, 2.24) is 15.1 Å². The number of carbonyl (C=O) groups is 3. The summed E-state index contributed by atoms with van der Waals surface area (Å²) in [5.41, 5.74) is 1.97. The molecule has 4 heterocycles. The molecule has 4 aliphatic heterocycles. The minimum atomic E-state index is -0.678. The number of methoxy groups -OCH3 is 1. The van der Waals surface area contributed by atoms with Crippen LogP contribution < -0.4 is 15.0 Å². The van der Waals surface area contributed by atoms with Gasteiger partial charge in [0.15, 0.2) is 0 Å². The number of nitrogens with zero attached hydrogens (tertiary/aromatic N) is 3. The molecule has 192 valence electrons. The first kappa shape index (κ1) is 23.5. The summed E-state index contributed by atoms with van der Waals surface area (Å²) < 4.78 is 5.17. The van der Waals surface area contributed by atoms with Crippen LogP contribution in [0, 0.1) is 11.8 Å². The monoisotopic (exact) mass is 492 g/mol. The summed E-state index contributed by atoms with van der Waals surface area (Å²) >= 11 is 0. The highest BCUT2D eigenvalue weighted by Crippen LogP contribution is 2.45. The molecule has 0 unspecified atom stereocenters. The quantitative estimate of drug-likeness (QED) is 0.504. The lowest BCUT2D eigenvalue weighted by Crippen LogP contribution is -2.60. The number of imide groups is 1. The number of amides is 4. The molecule has 4 amide bonds. The van der Waals surface area contributed by atoms with Gasteiger partial charge >= 0.3 is 6.03 Å². The number of urea groups is 1. The predicted octanol–water partition coefficient (Wildman–Crippen LogP) is 3.32. The van der Waals surface area contributed by atoms with E-state index in [2.05, 4.69) is 21.2 Å². The maximum absolute atomic E-state index is 13.5. The van der Waals surface area contributed by atoms with Gasteiger partial charge in [-0.25, -0.2) is 9.69 Å². The average Bonchev–Trinajstić information content (AvgIpc) is 3.19. The minimum Gasteiger partial charge on any atom is -0.497 e. The molecule has 1 aromatic rings. The van der Waals surface area contributed by atoms with Gasteiger partial charge in [0, 0.05) is 25.6 Å². The van der Waals surface area contributed by atoms with E-state index in [0.29, 0.717) is 35.7 Å². The lowest BCUT2D eigenvalue weighted by Gasteiger charge is -2.54. The van der Waals surface area contributed by atoms with Crippen molar-refractivity contribution in [2.45, 2.75) is 69.5 Å². The fraction of sp³-hybridized carbons (Fsp3) is 0.607. The lowest BCUT2D eigenvalue weighted by atomic mass is 9.68. The Hall–Kier alpha value is -2.87. The third-order valence-electron chi connectivity index (χ3n) is 8.97. The van der Waals surface area contributed by atoms with Crippen LogP contribution in [0.4, 0.5) is 10.5 Å². The molecule has 8 heteroatoms. The van der Waals surface area contributed by atoms with Crippen LogP contribution in [-0.4, -0.2) is 72.5 Å². The molecule has 8 nitrogen and oxygen atoms in total. The number of fused-ring (bicyclic) bond motifs is 6. The molecule has 0 aromatic heterocycles. The first-order chi connectivity index (χ1) is 17.5. The van der Waals surface area contributed by atoms with Gasteiger partial charge in [-0.15, -0.1) is 0 Å². The molecule has 0 spiro atoms.